The average Bonchev–Trinajstić information content (AvgIpc) is 3.47. The minimum absolute atomic E-state index is 0.0201. The molecule has 0 radical (unpaired) electrons. The van der Waals surface area contributed by atoms with E-state index in [2.05, 4.69) is 24.8 Å². The van der Waals surface area contributed by atoms with Crippen molar-refractivity contribution >= 4 is 51.4 Å². The molecule has 1 aromatic carbocycles. The predicted molar refractivity (Wildman–Crippen MR) is 146 cm³/mol. The summed E-state index contributed by atoms with van der Waals surface area (Å²) in [5.74, 6) is 0.855. The molecule has 4 heterocycles. The molecule has 4 aromatic rings. The molecule has 1 atom stereocenters. The van der Waals surface area contributed by atoms with Gasteiger partial charge in [0.05, 0.1) is 65.0 Å². The van der Waals surface area contributed by atoms with Crippen LogP contribution in [-0.4, -0.2) is 51.3 Å². The third-order valence-corrected chi connectivity index (χ3v) is 9.82. The Morgan fingerprint density at radius 3 is 2.78 bits per heavy atom. The fraction of sp³-hybridized carbons (Fsp3) is 0.400. The summed E-state index contributed by atoms with van der Waals surface area (Å²) in [5.41, 5.74) is 10.1. The molecular weight excluding hydrogens is 530 g/mol. The predicted octanol–water partition coefficient (Wildman–Crippen LogP) is 3.94. The lowest BCUT2D eigenvalue weighted by atomic mass is 9.73. The molecule has 192 valence electrons. The Balaban J connectivity index is 1.16. The molecule has 1 fully saturated rings. The number of piperidine rings is 1. The van der Waals surface area contributed by atoms with Crippen molar-refractivity contribution in [2.45, 2.75) is 41.8 Å². The minimum Gasteiger partial charge on any atom is -0.383 e. The summed E-state index contributed by atoms with van der Waals surface area (Å²) in [6.07, 6.45) is 8.14. The van der Waals surface area contributed by atoms with Crippen LogP contribution in [0, 0.1) is 5.41 Å². The topological polar surface area (TPSA) is 112 Å². The van der Waals surface area contributed by atoms with Gasteiger partial charge < -0.3 is 15.4 Å². The van der Waals surface area contributed by atoms with Crippen molar-refractivity contribution in [3.63, 3.8) is 0 Å². The van der Waals surface area contributed by atoms with Gasteiger partial charge in [-0.05, 0) is 36.8 Å². The van der Waals surface area contributed by atoms with Crippen LogP contribution >= 0.6 is 34.7 Å². The van der Waals surface area contributed by atoms with E-state index in [0.29, 0.717) is 34.1 Å². The van der Waals surface area contributed by atoms with Gasteiger partial charge in [-0.15, -0.1) is 11.3 Å². The molecule has 1 saturated heterocycles. The van der Waals surface area contributed by atoms with Crippen LogP contribution in [0.15, 0.2) is 51.1 Å². The number of fused-ring (bicyclic) bond motifs is 2. The van der Waals surface area contributed by atoms with Gasteiger partial charge in [-0.1, -0.05) is 23.4 Å². The number of rotatable bonds is 6. The summed E-state index contributed by atoms with van der Waals surface area (Å²) in [6.45, 7) is 2.61. The van der Waals surface area contributed by atoms with E-state index >= 15 is 0 Å². The Bertz CT molecular complexity index is 1500. The number of hydrogen-bond acceptors (Lipinski definition) is 10. The van der Waals surface area contributed by atoms with Crippen molar-refractivity contribution in [3.8, 4) is 0 Å². The average molecular weight is 556 g/mol. The van der Waals surface area contributed by atoms with Crippen LogP contribution in [0.4, 0.5) is 5.82 Å². The van der Waals surface area contributed by atoms with Crippen LogP contribution in [0.1, 0.15) is 29.5 Å². The Morgan fingerprint density at radius 2 is 2.05 bits per heavy atom. The molecule has 0 unspecified atom stereocenters. The van der Waals surface area contributed by atoms with E-state index in [-0.39, 0.29) is 17.0 Å². The molecule has 37 heavy (non-hydrogen) atoms. The molecule has 2 aliphatic rings. The molecule has 12 heteroatoms. The lowest BCUT2D eigenvalue weighted by Gasteiger charge is -2.42. The Kier molecular flexibility index (Phi) is 6.66. The largest absolute Gasteiger partial charge is 0.383 e. The van der Waals surface area contributed by atoms with Crippen molar-refractivity contribution in [2.75, 3.05) is 31.7 Å². The van der Waals surface area contributed by atoms with Gasteiger partial charge in [0.1, 0.15) is 10.8 Å². The number of hydrogen-bond donors (Lipinski definition) is 1. The van der Waals surface area contributed by atoms with Gasteiger partial charge >= 0.3 is 0 Å². The van der Waals surface area contributed by atoms with E-state index in [4.69, 9.17) is 22.1 Å². The monoisotopic (exact) mass is 555 g/mol. The van der Waals surface area contributed by atoms with E-state index in [1.165, 1.54) is 27.5 Å². The Morgan fingerprint density at radius 1 is 1.22 bits per heavy atom. The van der Waals surface area contributed by atoms with Gasteiger partial charge in [-0.3, -0.25) is 9.36 Å². The number of anilines is 1. The first-order valence-corrected chi connectivity index (χ1v) is 14.2. The lowest BCUT2D eigenvalue weighted by Crippen LogP contribution is -2.44. The van der Waals surface area contributed by atoms with Crippen molar-refractivity contribution in [2.24, 2.45) is 11.1 Å². The zero-order valence-electron chi connectivity index (χ0n) is 20.3. The number of halogens is 1. The van der Waals surface area contributed by atoms with Crippen LogP contribution < -0.4 is 16.2 Å². The first-order chi connectivity index (χ1) is 18.0. The van der Waals surface area contributed by atoms with Gasteiger partial charge in [0, 0.05) is 30.0 Å². The SMILES string of the molecule is COCCn1cnc2ccc(Sc3cnc(N4CCC5(CC4)Cc4scnc4[C@H]5N)cn3)c(Cl)c2c1=O. The molecule has 2 N–H and O–H groups in total. The van der Waals surface area contributed by atoms with E-state index in [0.717, 1.165) is 48.8 Å². The number of nitrogens with zero attached hydrogens (tertiary/aromatic N) is 6. The third kappa shape index (κ3) is 4.42. The maximum Gasteiger partial charge on any atom is 0.262 e. The number of aromatic nitrogens is 5. The first kappa shape index (κ1) is 24.7. The van der Waals surface area contributed by atoms with E-state index in [9.17, 15) is 4.79 Å². The summed E-state index contributed by atoms with van der Waals surface area (Å²) in [4.78, 5) is 35.5. The number of nitrogens with two attached hydrogens (primary N) is 1. The molecule has 0 amide bonds. The lowest BCUT2D eigenvalue weighted by molar-refractivity contribution is 0.186. The van der Waals surface area contributed by atoms with Crippen LogP contribution in [0.2, 0.25) is 5.02 Å². The molecule has 3 aromatic heterocycles. The number of benzene rings is 1. The highest BCUT2D eigenvalue weighted by atomic mass is 35.5. The molecule has 0 saturated carbocycles. The second kappa shape index (κ2) is 9.95. The van der Waals surface area contributed by atoms with Gasteiger partial charge in [0.15, 0.2) is 0 Å². The fourth-order valence-electron chi connectivity index (χ4n) is 5.31. The van der Waals surface area contributed by atoms with E-state index < -0.39 is 0 Å². The van der Waals surface area contributed by atoms with Crippen molar-refractivity contribution in [1.29, 1.82) is 0 Å². The van der Waals surface area contributed by atoms with Crippen LogP contribution in [0.25, 0.3) is 10.9 Å². The standard InChI is InChI=1S/C25H26ClN7O2S2/c1-35-9-8-33-13-30-15-2-3-16(21(26)20(15)24(33)34)37-19-12-28-18(11-29-19)32-6-4-25(5-7-32)10-17-22(23(25)27)31-14-36-17/h2-3,11-14,23H,4-10,27H2,1H3/t23-/m1/s1. The van der Waals surface area contributed by atoms with Gasteiger partial charge in [0.25, 0.3) is 5.56 Å². The van der Waals surface area contributed by atoms with Crippen LogP contribution in [-0.2, 0) is 17.7 Å². The van der Waals surface area contributed by atoms with Crippen LogP contribution in [0.3, 0.4) is 0 Å². The zero-order valence-corrected chi connectivity index (χ0v) is 22.7. The molecule has 1 spiro atoms. The highest BCUT2D eigenvalue weighted by Crippen LogP contribution is 2.51. The summed E-state index contributed by atoms with van der Waals surface area (Å²) < 4.78 is 6.60. The maximum atomic E-state index is 13.0. The molecule has 1 aliphatic carbocycles. The number of thiazole rings is 1. The molecule has 9 nitrogen and oxygen atoms in total. The second-order valence-corrected chi connectivity index (χ2v) is 11.9. The van der Waals surface area contributed by atoms with Gasteiger partial charge in [0.2, 0.25) is 0 Å². The maximum absolute atomic E-state index is 13.0. The summed E-state index contributed by atoms with van der Waals surface area (Å²) in [6, 6.07) is 3.69. The minimum atomic E-state index is -0.188. The molecule has 1 aliphatic heterocycles. The third-order valence-electron chi connectivity index (χ3n) is 7.48. The Labute approximate surface area is 227 Å². The molecule has 6 rings (SSSR count). The quantitative estimate of drug-likeness (QED) is 0.378. The van der Waals surface area contributed by atoms with E-state index in [1.54, 1.807) is 30.7 Å². The normalized spacial score (nSPS) is 18.6. The molecular formula is C25H26ClN7O2S2. The van der Waals surface area contributed by atoms with Gasteiger partial charge in [-0.2, -0.15) is 0 Å². The fourth-order valence-corrected chi connectivity index (χ4v) is 7.39. The van der Waals surface area contributed by atoms with Gasteiger partial charge in [-0.25, -0.2) is 19.9 Å². The Hall–Kier alpha value is -2.57. The van der Waals surface area contributed by atoms with Crippen molar-refractivity contribution in [3.05, 3.63) is 62.3 Å². The van der Waals surface area contributed by atoms with E-state index in [1.807, 2.05) is 17.8 Å². The first-order valence-electron chi connectivity index (χ1n) is 12.1. The smallest absolute Gasteiger partial charge is 0.262 e. The summed E-state index contributed by atoms with van der Waals surface area (Å²) in [7, 11) is 1.59. The highest BCUT2D eigenvalue weighted by Gasteiger charge is 2.47. The van der Waals surface area contributed by atoms with Crippen LogP contribution in [0.5, 0.6) is 0 Å². The summed E-state index contributed by atoms with van der Waals surface area (Å²) >= 11 is 9.78. The highest BCUT2D eigenvalue weighted by molar-refractivity contribution is 7.99. The second-order valence-electron chi connectivity index (χ2n) is 9.49. The molecule has 0 bridgehead atoms. The number of methoxy groups -OCH3 is 1. The zero-order chi connectivity index (χ0) is 25.6. The number of ether oxygens (including phenoxy) is 1. The van der Waals surface area contributed by atoms with Crippen molar-refractivity contribution in [1.82, 2.24) is 24.5 Å². The van der Waals surface area contributed by atoms with Crippen molar-refractivity contribution < 1.29 is 4.74 Å². The summed E-state index contributed by atoms with van der Waals surface area (Å²) in [5, 5.41) is 1.47.